The number of carbonyl (C=O) groups is 1. The average Bonchev–Trinajstić information content (AvgIpc) is 3.17. The third-order valence-corrected chi connectivity index (χ3v) is 4.47. The van der Waals surface area contributed by atoms with Gasteiger partial charge in [0.05, 0.1) is 12.1 Å². The van der Waals surface area contributed by atoms with Gasteiger partial charge in [0.25, 0.3) is 5.91 Å². The van der Waals surface area contributed by atoms with E-state index in [0.29, 0.717) is 12.8 Å². The molecule has 0 spiro atoms. The number of carbonyl (C=O) groups excluding carboxylic acids is 1. The third-order valence-electron chi connectivity index (χ3n) is 4.47. The van der Waals surface area contributed by atoms with Gasteiger partial charge >= 0.3 is 0 Å². The molecule has 1 saturated carbocycles. The van der Waals surface area contributed by atoms with Gasteiger partial charge in [0.2, 0.25) is 0 Å². The number of benzene rings is 1. The zero-order valence-electron chi connectivity index (χ0n) is 13.9. The van der Waals surface area contributed by atoms with Crippen molar-refractivity contribution in [2.45, 2.75) is 31.9 Å². The smallest absolute Gasteiger partial charge is 0.272 e. The number of rotatable bonds is 3. The summed E-state index contributed by atoms with van der Waals surface area (Å²) in [5, 5.41) is 27.4. The molecule has 1 aliphatic carbocycles. The van der Waals surface area contributed by atoms with Crippen LogP contribution in [0.15, 0.2) is 24.3 Å². The minimum Gasteiger partial charge on any atom is -0.396 e. The van der Waals surface area contributed by atoms with Crippen LogP contribution in [0.1, 0.15) is 46.2 Å². The molecule has 7 nitrogen and oxygen atoms in total. The van der Waals surface area contributed by atoms with E-state index in [1.807, 2.05) is 31.2 Å². The van der Waals surface area contributed by atoms with Crippen molar-refractivity contribution >= 4 is 5.91 Å². The topological polar surface area (TPSA) is 114 Å². The Bertz CT molecular complexity index is 832. The first kappa shape index (κ1) is 17.1. The van der Waals surface area contributed by atoms with Crippen LogP contribution >= 0.6 is 0 Å². The van der Waals surface area contributed by atoms with Crippen LogP contribution in [0, 0.1) is 24.7 Å². The highest BCUT2D eigenvalue weighted by Gasteiger charge is 2.36. The van der Waals surface area contributed by atoms with Crippen LogP contribution in [0.3, 0.4) is 0 Å². The normalized spacial score (nSPS) is 22.4. The second-order valence-corrected chi connectivity index (χ2v) is 6.37. The fourth-order valence-electron chi connectivity index (χ4n) is 3.08. The molecule has 0 unspecified atom stereocenters. The first-order valence-corrected chi connectivity index (χ1v) is 8.12. The Morgan fingerprint density at radius 2 is 2.04 bits per heavy atom. The van der Waals surface area contributed by atoms with Gasteiger partial charge in [0.1, 0.15) is 5.69 Å². The molecular weight excluding hydrogens is 320 g/mol. The minimum absolute atomic E-state index is 0.00465. The number of primary amides is 1. The third kappa shape index (κ3) is 3.55. The maximum absolute atomic E-state index is 11.6. The molecule has 1 aromatic carbocycles. The maximum atomic E-state index is 11.6. The molecule has 1 fully saturated rings. The van der Waals surface area contributed by atoms with Crippen LogP contribution in [0.5, 0.6) is 0 Å². The monoisotopic (exact) mass is 340 g/mol. The number of nitrogens with zero attached hydrogens (tertiary/aromatic N) is 3. The minimum atomic E-state index is -0.717. The molecule has 3 atom stereocenters. The number of hydrogen-bond acceptors (Lipinski definition) is 5. The number of aliphatic hydroxyl groups excluding tert-OH is 2. The molecule has 3 rings (SSSR count). The van der Waals surface area contributed by atoms with Crippen LogP contribution < -0.4 is 5.73 Å². The predicted octanol–water partition coefficient (Wildman–Crippen LogP) is 0.390. The molecular formula is C18H20N4O3. The number of aliphatic hydroxyl groups is 2. The van der Waals surface area contributed by atoms with Crippen molar-refractivity contribution < 1.29 is 15.0 Å². The summed E-state index contributed by atoms with van der Waals surface area (Å²) >= 11 is 0. The Kier molecular flexibility index (Phi) is 4.83. The summed E-state index contributed by atoms with van der Waals surface area (Å²) in [7, 11) is 0. The summed E-state index contributed by atoms with van der Waals surface area (Å²) in [5.74, 6) is 5.17. The molecule has 1 aromatic heterocycles. The summed E-state index contributed by atoms with van der Waals surface area (Å²) in [6.45, 7) is 1.98. The summed E-state index contributed by atoms with van der Waals surface area (Å²) < 4.78 is 1.46. The van der Waals surface area contributed by atoms with E-state index < -0.39 is 12.0 Å². The first-order valence-electron chi connectivity index (χ1n) is 8.12. The highest BCUT2D eigenvalue weighted by Crippen LogP contribution is 2.35. The summed E-state index contributed by atoms with van der Waals surface area (Å²) in [6.07, 6.45) is 0.329. The summed E-state index contributed by atoms with van der Waals surface area (Å²) in [4.78, 5) is 11.6. The van der Waals surface area contributed by atoms with E-state index in [1.54, 1.807) is 0 Å². The average molecular weight is 340 g/mol. The van der Waals surface area contributed by atoms with Gasteiger partial charge in [-0.25, -0.2) is 4.68 Å². The lowest BCUT2D eigenvalue weighted by Crippen LogP contribution is -2.21. The van der Waals surface area contributed by atoms with E-state index in [4.69, 9.17) is 5.73 Å². The second-order valence-electron chi connectivity index (χ2n) is 6.37. The maximum Gasteiger partial charge on any atom is 0.272 e. The first-order chi connectivity index (χ1) is 12.0. The van der Waals surface area contributed by atoms with E-state index in [2.05, 4.69) is 22.2 Å². The second kappa shape index (κ2) is 7.05. The number of hydrogen-bond donors (Lipinski definition) is 3. The lowest BCUT2D eigenvalue weighted by molar-refractivity contribution is 0.0994. The van der Waals surface area contributed by atoms with Crippen molar-refractivity contribution in [2.24, 2.45) is 11.7 Å². The highest BCUT2D eigenvalue weighted by molar-refractivity contribution is 5.92. The van der Waals surface area contributed by atoms with Gasteiger partial charge in [-0.15, -0.1) is 5.10 Å². The van der Waals surface area contributed by atoms with E-state index in [9.17, 15) is 15.0 Å². The molecule has 1 amide bonds. The van der Waals surface area contributed by atoms with Gasteiger partial charge in [-0.2, -0.15) is 0 Å². The SMILES string of the molecule is Cc1ccc(C#Cc2c(C(N)=O)nnn2[C@@H]2C[C@H](CO)C[C@H]2O)cc1. The van der Waals surface area contributed by atoms with Crippen LogP contribution in [-0.4, -0.2) is 43.8 Å². The predicted molar refractivity (Wildman–Crippen MR) is 90.6 cm³/mol. The molecule has 1 aliphatic rings. The molecule has 130 valence electrons. The Morgan fingerprint density at radius 1 is 1.32 bits per heavy atom. The molecule has 25 heavy (non-hydrogen) atoms. The lowest BCUT2D eigenvalue weighted by atomic mass is 10.1. The van der Waals surface area contributed by atoms with Gasteiger partial charge in [-0.05, 0) is 43.7 Å². The zero-order chi connectivity index (χ0) is 18.0. The van der Waals surface area contributed by atoms with Crippen molar-refractivity contribution in [3.8, 4) is 11.8 Å². The van der Waals surface area contributed by atoms with Gasteiger partial charge in [0.15, 0.2) is 5.69 Å². The fourth-order valence-corrected chi connectivity index (χ4v) is 3.08. The quantitative estimate of drug-likeness (QED) is 0.699. The van der Waals surface area contributed by atoms with E-state index >= 15 is 0 Å². The number of nitrogens with two attached hydrogens (primary N) is 1. The Balaban J connectivity index is 1.99. The van der Waals surface area contributed by atoms with Crippen molar-refractivity contribution in [1.82, 2.24) is 15.0 Å². The van der Waals surface area contributed by atoms with Crippen molar-refractivity contribution in [3.05, 3.63) is 46.8 Å². The molecule has 0 bridgehead atoms. The van der Waals surface area contributed by atoms with E-state index in [1.165, 1.54) is 4.68 Å². The molecule has 7 heteroatoms. The van der Waals surface area contributed by atoms with Gasteiger partial charge in [-0.3, -0.25) is 4.79 Å². The molecule has 0 saturated heterocycles. The number of aryl methyl sites for hydroxylation is 1. The Hall–Kier alpha value is -2.69. The number of amides is 1. The van der Waals surface area contributed by atoms with Crippen LogP contribution in [-0.2, 0) is 0 Å². The molecule has 2 aromatic rings. The Morgan fingerprint density at radius 3 is 2.64 bits per heavy atom. The van der Waals surface area contributed by atoms with Crippen LogP contribution in [0.25, 0.3) is 0 Å². The van der Waals surface area contributed by atoms with Crippen molar-refractivity contribution in [3.63, 3.8) is 0 Å². The van der Waals surface area contributed by atoms with Crippen molar-refractivity contribution in [1.29, 1.82) is 0 Å². The summed E-state index contributed by atoms with van der Waals surface area (Å²) in [6, 6.07) is 7.27. The van der Waals surface area contributed by atoms with Gasteiger partial charge < -0.3 is 15.9 Å². The zero-order valence-corrected chi connectivity index (χ0v) is 13.9. The van der Waals surface area contributed by atoms with Gasteiger partial charge in [-0.1, -0.05) is 28.8 Å². The molecule has 4 N–H and O–H groups in total. The highest BCUT2D eigenvalue weighted by atomic mass is 16.3. The van der Waals surface area contributed by atoms with Crippen molar-refractivity contribution in [2.75, 3.05) is 6.61 Å². The molecule has 0 aliphatic heterocycles. The molecule has 0 radical (unpaired) electrons. The summed E-state index contributed by atoms with van der Waals surface area (Å²) in [5.41, 5.74) is 7.56. The lowest BCUT2D eigenvalue weighted by Gasteiger charge is -2.15. The van der Waals surface area contributed by atoms with E-state index in [-0.39, 0.29) is 30.0 Å². The fraction of sp³-hybridized carbons (Fsp3) is 0.389. The standard InChI is InChI=1S/C18H20N4O3/c1-11-2-4-12(5-3-11)6-7-14-17(18(19)25)20-21-22(14)15-8-13(10-23)9-16(15)24/h2-5,13,15-16,23-24H,8-10H2,1H3,(H2,19,25)/t13-,15+,16+/m0/s1. The van der Waals surface area contributed by atoms with Crippen LogP contribution in [0.2, 0.25) is 0 Å². The van der Waals surface area contributed by atoms with E-state index in [0.717, 1.165) is 11.1 Å². The largest absolute Gasteiger partial charge is 0.396 e. The Labute approximate surface area is 145 Å². The van der Waals surface area contributed by atoms with Crippen LogP contribution in [0.4, 0.5) is 0 Å². The number of aromatic nitrogens is 3. The van der Waals surface area contributed by atoms with Gasteiger partial charge in [0, 0.05) is 12.2 Å². The molecule has 1 heterocycles.